The van der Waals surface area contributed by atoms with Crippen LogP contribution in [0.3, 0.4) is 0 Å². The van der Waals surface area contributed by atoms with Gasteiger partial charge in [-0.25, -0.2) is 0 Å². The first kappa shape index (κ1) is 11.4. The Balaban J connectivity index is 2.75. The van der Waals surface area contributed by atoms with E-state index in [9.17, 15) is 4.79 Å². The summed E-state index contributed by atoms with van der Waals surface area (Å²) in [4.78, 5) is 11.0. The average Bonchev–Trinajstić information content (AvgIpc) is 2.36. The average molecular weight is 231 g/mol. The minimum Gasteiger partial charge on any atom is -0.496 e. The van der Waals surface area contributed by atoms with Crippen molar-refractivity contribution in [1.29, 1.82) is 0 Å². The Morgan fingerprint density at radius 1 is 1.29 bits per heavy atom. The molecule has 88 valence electrons. The summed E-state index contributed by atoms with van der Waals surface area (Å²) in [6, 6.07) is 10.0. The summed E-state index contributed by atoms with van der Waals surface area (Å²) in [5, 5.41) is 10.8. The summed E-state index contributed by atoms with van der Waals surface area (Å²) in [5.74, 6) is -0.571. The van der Waals surface area contributed by atoms with Crippen LogP contribution in [0.1, 0.15) is 11.6 Å². The number of ether oxygens (including phenoxy) is 1. The van der Waals surface area contributed by atoms with Crippen molar-refractivity contribution < 1.29 is 14.6 Å². The Bertz CT molecular complexity index is 566. The minimum absolute atomic E-state index is 0.499. The lowest BCUT2D eigenvalue weighted by Crippen LogP contribution is -2.21. The molecule has 2 rings (SSSR count). The smallest absolute Gasteiger partial charge is 0.325 e. The van der Waals surface area contributed by atoms with Crippen LogP contribution in [0.25, 0.3) is 10.8 Å². The lowest BCUT2D eigenvalue weighted by atomic mass is 9.98. The fourth-order valence-electron chi connectivity index (χ4n) is 1.90. The quantitative estimate of drug-likeness (QED) is 0.846. The topological polar surface area (TPSA) is 72.5 Å². The predicted molar refractivity (Wildman–Crippen MR) is 65.1 cm³/mol. The fourth-order valence-corrected chi connectivity index (χ4v) is 1.90. The Hall–Kier alpha value is -2.07. The lowest BCUT2D eigenvalue weighted by molar-refractivity contribution is -0.138. The van der Waals surface area contributed by atoms with E-state index in [1.54, 1.807) is 6.07 Å². The van der Waals surface area contributed by atoms with E-state index in [0.29, 0.717) is 11.3 Å². The Labute approximate surface area is 98.6 Å². The number of methoxy groups -OCH3 is 1. The SMILES string of the molecule is COc1ccc2ccccc2c1[C@@H](N)C(=O)O. The molecule has 1 atom stereocenters. The molecule has 17 heavy (non-hydrogen) atoms. The third-order valence-electron chi connectivity index (χ3n) is 2.73. The van der Waals surface area contributed by atoms with Gasteiger partial charge in [-0.1, -0.05) is 30.3 Å². The van der Waals surface area contributed by atoms with E-state index >= 15 is 0 Å². The summed E-state index contributed by atoms with van der Waals surface area (Å²) >= 11 is 0. The molecule has 0 fully saturated rings. The first-order valence-corrected chi connectivity index (χ1v) is 5.19. The second kappa shape index (κ2) is 4.43. The molecule has 2 aromatic rings. The number of fused-ring (bicyclic) bond motifs is 1. The molecule has 0 aromatic heterocycles. The standard InChI is InChI=1S/C13H13NO3/c1-17-10-7-6-8-4-2-3-5-9(8)11(10)12(14)13(15)16/h2-7,12H,14H2,1H3,(H,15,16)/t12-/m1/s1. The molecule has 0 spiro atoms. The highest BCUT2D eigenvalue weighted by Crippen LogP contribution is 2.32. The first-order chi connectivity index (χ1) is 8.15. The highest BCUT2D eigenvalue weighted by atomic mass is 16.5. The second-order valence-electron chi connectivity index (χ2n) is 3.72. The van der Waals surface area contributed by atoms with Gasteiger partial charge in [-0.15, -0.1) is 0 Å². The van der Waals surface area contributed by atoms with E-state index in [1.165, 1.54) is 7.11 Å². The van der Waals surface area contributed by atoms with Crippen molar-refractivity contribution in [3.05, 3.63) is 42.0 Å². The Morgan fingerprint density at radius 2 is 2.00 bits per heavy atom. The molecule has 4 nitrogen and oxygen atoms in total. The number of aliphatic carboxylic acids is 1. The third kappa shape index (κ3) is 1.94. The largest absolute Gasteiger partial charge is 0.496 e. The van der Waals surface area contributed by atoms with Crippen LogP contribution in [0.4, 0.5) is 0 Å². The molecule has 0 bridgehead atoms. The maximum Gasteiger partial charge on any atom is 0.325 e. The molecule has 0 aliphatic carbocycles. The van der Waals surface area contributed by atoms with Crippen LogP contribution in [0.15, 0.2) is 36.4 Å². The minimum atomic E-state index is -1.09. The van der Waals surface area contributed by atoms with Crippen LogP contribution in [-0.4, -0.2) is 18.2 Å². The molecule has 0 saturated heterocycles. The number of hydrogen-bond donors (Lipinski definition) is 2. The van der Waals surface area contributed by atoms with Gasteiger partial charge < -0.3 is 15.6 Å². The lowest BCUT2D eigenvalue weighted by Gasteiger charge is -2.15. The number of benzene rings is 2. The van der Waals surface area contributed by atoms with E-state index in [2.05, 4.69) is 0 Å². The van der Waals surface area contributed by atoms with Crippen molar-refractivity contribution in [1.82, 2.24) is 0 Å². The van der Waals surface area contributed by atoms with E-state index in [4.69, 9.17) is 15.6 Å². The molecule has 4 heteroatoms. The molecular weight excluding hydrogens is 218 g/mol. The molecule has 0 radical (unpaired) electrons. The number of carboxylic acid groups (broad SMARTS) is 1. The van der Waals surface area contributed by atoms with Crippen molar-refractivity contribution in [3.8, 4) is 5.75 Å². The van der Waals surface area contributed by atoms with E-state index in [0.717, 1.165) is 10.8 Å². The maximum absolute atomic E-state index is 11.0. The first-order valence-electron chi connectivity index (χ1n) is 5.19. The Kier molecular flexibility index (Phi) is 2.97. The van der Waals surface area contributed by atoms with Crippen molar-refractivity contribution in [3.63, 3.8) is 0 Å². The Morgan fingerprint density at radius 3 is 2.65 bits per heavy atom. The summed E-state index contributed by atoms with van der Waals surface area (Å²) < 4.78 is 5.18. The van der Waals surface area contributed by atoms with Crippen LogP contribution < -0.4 is 10.5 Å². The van der Waals surface area contributed by atoms with Crippen LogP contribution in [0, 0.1) is 0 Å². The van der Waals surface area contributed by atoms with Gasteiger partial charge >= 0.3 is 5.97 Å². The monoisotopic (exact) mass is 231 g/mol. The van der Waals surface area contributed by atoms with Crippen LogP contribution in [0.5, 0.6) is 5.75 Å². The van der Waals surface area contributed by atoms with Crippen molar-refractivity contribution in [2.75, 3.05) is 7.11 Å². The number of nitrogens with two attached hydrogens (primary N) is 1. The van der Waals surface area contributed by atoms with Crippen LogP contribution >= 0.6 is 0 Å². The van der Waals surface area contributed by atoms with Gasteiger partial charge in [-0.05, 0) is 16.8 Å². The second-order valence-corrected chi connectivity index (χ2v) is 3.72. The highest BCUT2D eigenvalue weighted by molar-refractivity contribution is 5.92. The van der Waals surface area contributed by atoms with Gasteiger partial charge in [0.25, 0.3) is 0 Å². The van der Waals surface area contributed by atoms with E-state index < -0.39 is 12.0 Å². The third-order valence-corrected chi connectivity index (χ3v) is 2.73. The number of hydrogen-bond acceptors (Lipinski definition) is 3. The molecular formula is C13H13NO3. The summed E-state index contributed by atoms with van der Waals surface area (Å²) in [5.41, 5.74) is 6.21. The van der Waals surface area contributed by atoms with Gasteiger partial charge in [-0.2, -0.15) is 0 Å². The summed E-state index contributed by atoms with van der Waals surface area (Å²) in [7, 11) is 1.50. The fraction of sp³-hybridized carbons (Fsp3) is 0.154. The van der Waals surface area contributed by atoms with Gasteiger partial charge in [0.2, 0.25) is 0 Å². The zero-order valence-corrected chi connectivity index (χ0v) is 9.38. The zero-order valence-electron chi connectivity index (χ0n) is 9.38. The molecule has 0 unspecified atom stereocenters. The van der Waals surface area contributed by atoms with E-state index in [1.807, 2.05) is 30.3 Å². The summed E-state index contributed by atoms with van der Waals surface area (Å²) in [6.07, 6.45) is 0. The maximum atomic E-state index is 11.0. The van der Waals surface area contributed by atoms with Crippen LogP contribution in [0.2, 0.25) is 0 Å². The predicted octanol–water partition coefficient (Wildman–Crippen LogP) is 1.93. The van der Waals surface area contributed by atoms with Gasteiger partial charge in [0.05, 0.1) is 7.11 Å². The number of rotatable bonds is 3. The molecule has 0 amide bonds. The normalized spacial score (nSPS) is 12.4. The number of carbonyl (C=O) groups is 1. The van der Waals surface area contributed by atoms with Gasteiger partial charge in [0.15, 0.2) is 0 Å². The van der Waals surface area contributed by atoms with E-state index in [-0.39, 0.29) is 0 Å². The van der Waals surface area contributed by atoms with Gasteiger partial charge in [0.1, 0.15) is 11.8 Å². The summed E-state index contributed by atoms with van der Waals surface area (Å²) in [6.45, 7) is 0. The van der Waals surface area contributed by atoms with Crippen molar-refractivity contribution >= 4 is 16.7 Å². The molecule has 3 N–H and O–H groups in total. The van der Waals surface area contributed by atoms with Crippen LogP contribution in [-0.2, 0) is 4.79 Å². The molecule has 2 aromatic carbocycles. The molecule has 0 aliphatic heterocycles. The molecule has 0 saturated carbocycles. The van der Waals surface area contributed by atoms with Crippen molar-refractivity contribution in [2.45, 2.75) is 6.04 Å². The number of carboxylic acids is 1. The molecule has 0 aliphatic rings. The molecule has 0 heterocycles. The van der Waals surface area contributed by atoms with Gasteiger partial charge in [0, 0.05) is 5.56 Å². The van der Waals surface area contributed by atoms with Crippen molar-refractivity contribution in [2.24, 2.45) is 5.73 Å². The van der Waals surface area contributed by atoms with Gasteiger partial charge in [-0.3, -0.25) is 4.79 Å². The zero-order chi connectivity index (χ0) is 12.4. The highest BCUT2D eigenvalue weighted by Gasteiger charge is 2.21.